The highest BCUT2D eigenvalue weighted by atomic mass is 16.5. The minimum atomic E-state index is -0.515. The molecule has 4 aromatic rings. The van der Waals surface area contributed by atoms with Crippen molar-refractivity contribution in [3.05, 3.63) is 101 Å². The highest BCUT2D eigenvalue weighted by Crippen LogP contribution is 2.24. The summed E-state index contributed by atoms with van der Waals surface area (Å²) in [7, 11) is 3.22. The van der Waals surface area contributed by atoms with Crippen LogP contribution < -0.4 is 10.3 Å². The van der Waals surface area contributed by atoms with E-state index in [-0.39, 0.29) is 18.1 Å². The molecule has 1 aromatic heterocycles. The third-order valence-corrected chi connectivity index (χ3v) is 6.38. The fourth-order valence-electron chi connectivity index (χ4n) is 4.38. The molecule has 0 fully saturated rings. The quantitative estimate of drug-likeness (QED) is 0.258. The second kappa shape index (κ2) is 13.0. The normalized spacial score (nSPS) is 11.9. The van der Waals surface area contributed by atoms with Crippen LogP contribution in [0.3, 0.4) is 0 Å². The number of carbonyl (C=O) groups is 1. The number of amides is 1. The van der Waals surface area contributed by atoms with Crippen molar-refractivity contribution in [3.8, 4) is 11.4 Å². The first-order chi connectivity index (χ1) is 18.5. The maximum absolute atomic E-state index is 13.7. The van der Waals surface area contributed by atoms with E-state index in [0.29, 0.717) is 54.3 Å². The maximum Gasteiger partial charge on any atom is 0.266 e. The summed E-state index contributed by atoms with van der Waals surface area (Å²) >= 11 is 0. The number of carbonyl (C=O) groups excluding carboxylic acids is 1. The highest BCUT2D eigenvalue weighted by molar-refractivity contribution is 5.79. The molecule has 0 N–H and O–H groups in total. The predicted molar refractivity (Wildman–Crippen MR) is 147 cm³/mol. The van der Waals surface area contributed by atoms with Gasteiger partial charge in [-0.1, -0.05) is 42.5 Å². The molecular weight excluding hydrogens is 482 g/mol. The lowest BCUT2D eigenvalue weighted by Crippen LogP contribution is -2.40. The minimum Gasteiger partial charge on any atom is -0.497 e. The third-order valence-electron chi connectivity index (χ3n) is 6.38. The zero-order valence-electron chi connectivity index (χ0n) is 22.0. The van der Waals surface area contributed by atoms with E-state index in [9.17, 15) is 9.59 Å². The van der Waals surface area contributed by atoms with E-state index in [4.69, 9.17) is 19.2 Å². The molecule has 3 aromatic carbocycles. The summed E-state index contributed by atoms with van der Waals surface area (Å²) in [6.45, 7) is 3.05. The summed E-state index contributed by atoms with van der Waals surface area (Å²) in [6, 6.07) is 23.7. The van der Waals surface area contributed by atoms with Crippen molar-refractivity contribution >= 4 is 16.8 Å². The molecule has 1 unspecified atom stereocenters. The summed E-state index contributed by atoms with van der Waals surface area (Å²) < 4.78 is 17.9. The van der Waals surface area contributed by atoms with Gasteiger partial charge in [-0.2, -0.15) is 0 Å². The lowest BCUT2D eigenvalue weighted by Gasteiger charge is -2.30. The first-order valence-electron chi connectivity index (χ1n) is 12.6. The standard InChI is InChI=1S/C30H33N3O5/c1-22(32(18-9-19-36-2)28(34)21-38-20-23-10-5-4-6-11-23)29-31-27-13-8-7-12-26(27)30(35)33(29)24-14-16-25(37-3)17-15-24/h4-8,10-17,22H,9,18-21H2,1-3H3. The number of aromatic nitrogens is 2. The number of para-hydroxylation sites is 1. The van der Waals surface area contributed by atoms with E-state index in [0.717, 1.165) is 5.56 Å². The Balaban J connectivity index is 1.70. The van der Waals surface area contributed by atoms with Crippen molar-refractivity contribution in [2.75, 3.05) is 34.0 Å². The molecule has 8 nitrogen and oxygen atoms in total. The molecule has 198 valence electrons. The largest absolute Gasteiger partial charge is 0.497 e. The van der Waals surface area contributed by atoms with Crippen LogP contribution in [-0.4, -0.2) is 54.3 Å². The van der Waals surface area contributed by atoms with Crippen LogP contribution in [0, 0.1) is 0 Å². The van der Waals surface area contributed by atoms with Gasteiger partial charge in [0.1, 0.15) is 18.2 Å². The number of fused-ring (bicyclic) bond motifs is 1. The Morgan fingerprint density at radius 3 is 2.39 bits per heavy atom. The van der Waals surface area contributed by atoms with E-state index >= 15 is 0 Å². The maximum atomic E-state index is 13.7. The van der Waals surface area contributed by atoms with Gasteiger partial charge in [0, 0.05) is 20.3 Å². The Morgan fingerprint density at radius 2 is 1.68 bits per heavy atom. The van der Waals surface area contributed by atoms with Gasteiger partial charge in [-0.3, -0.25) is 14.2 Å². The summed E-state index contributed by atoms with van der Waals surface area (Å²) in [4.78, 5) is 33.8. The Bertz CT molecular complexity index is 1400. The van der Waals surface area contributed by atoms with Crippen molar-refractivity contribution in [2.45, 2.75) is 26.0 Å². The third kappa shape index (κ3) is 6.27. The van der Waals surface area contributed by atoms with Crippen LogP contribution in [0.2, 0.25) is 0 Å². The Labute approximate surface area is 222 Å². The molecule has 1 atom stereocenters. The number of ether oxygens (including phenoxy) is 3. The van der Waals surface area contributed by atoms with Gasteiger partial charge in [0.15, 0.2) is 0 Å². The Morgan fingerprint density at radius 1 is 0.974 bits per heavy atom. The molecule has 0 aliphatic heterocycles. The highest BCUT2D eigenvalue weighted by Gasteiger charge is 2.27. The molecule has 4 rings (SSSR count). The molecule has 1 amide bonds. The molecule has 8 heteroatoms. The van der Waals surface area contributed by atoms with Gasteiger partial charge in [0.05, 0.1) is 36.3 Å². The van der Waals surface area contributed by atoms with E-state index < -0.39 is 6.04 Å². The average molecular weight is 516 g/mol. The van der Waals surface area contributed by atoms with Gasteiger partial charge in [0.25, 0.3) is 5.56 Å². The topological polar surface area (TPSA) is 82.9 Å². The lowest BCUT2D eigenvalue weighted by molar-refractivity contribution is -0.139. The zero-order valence-corrected chi connectivity index (χ0v) is 22.0. The number of nitrogens with zero attached hydrogens (tertiary/aromatic N) is 3. The van der Waals surface area contributed by atoms with Crippen LogP contribution in [0.5, 0.6) is 5.75 Å². The average Bonchev–Trinajstić information content (AvgIpc) is 2.95. The van der Waals surface area contributed by atoms with Crippen molar-refractivity contribution in [1.82, 2.24) is 14.5 Å². The fourth-order valence-corrected chi connectivity index (χ4v) is 4.38. The minimum absolute atomic E-state index is 0.0907. The van der Waals surface area contributed by atoms with Crippen LogP contribution >= 0.6 is 0 Å². The smallest absolute Gasteiger partial charge is 0.266 e. The number of hydrogen-bond donors (Lipinski definition) is 0. The van der Waals surface area contributed by atoms with Crippen LogP contribution in [0.1, 0.15) is 30.8 Å². The first kappa shape index (κ1) is 27.0. The molecule has 0 aliphatic rings. The molecule has 0 bridgehead atoms. The number of hydrogen-bond acceptors (Lipinski definition) is 6. The second-order valence-corrected chi connectivity index (χ2v) is 8.91. The second-order valence-electron chi connectivity index (χ2n) is 8.91. The fraction of sp³-hybridized carbons (Fsp3) is 0.300. The van der Waals surface area contributed by atoms with Crippen LogP contribution in [0.4, 0.5) is 0 Å². The molecule has 38 heavy (non-hydrogen) atoms. The Kier molecular flexibility index (Phi) is 9.24. The van der Waals surface area contributed by atoms with Gasteiger partial charge >= 0.3 is 0 Å². The van der Waals surface area contributed by atoms with Gasteiger partial charge in [-0.05, 0) is 55.3 Å². The van der Waals surface area contributed by atoms with E-state index in [1.165, 1.54) is 0 Å². The van der Waals surface area contributed by atoms with Crippen LogP contribution in [0.15, 0.2) is 83.7 Å². The van der Waals surface area contributed by atoms with Gasteiger partial charge in [0.2, 0.25) is 5.91 Å². The van der Waals surface area contributed by atoms with Crippen molar-refractivity contribution in [1.29, 1.82) is 0 Å². The molecule has 1 heterocycles. The summed E-state index contributed by atoms with van der Waals surface area (Å²) in [5, 5.41) is 0.503. The summed E-state index contributed by atoms with van der Waals surface area (Å²) in [5.41, 5.74) is 2.00. The van der Waals surface area contributed by atoms with Crippen molar-refractivity contribution in [2.24, 2.45) is 0 Å². The van der Waals surface area contributed by atoms with Gasteiger partial charge in [-0.25, -0.2) is 4.98 Å². The van der Waals surface area contributed by atoms with E-state index in [2.05, 4.69) is 0 Å². The van der Waals surface area contributed by atoms with Crippen LogP contribution in [0.25, 0.3) is 16.6 Å². The SMILES string of the molecule is COCCCN(C(=O)COCc1ccccc1)C(C)c1nc2ccccc2c(=O)n1-c1ccc(OC)cc1. The molecule has 0 saturated carbocycles. The number of rotatable bonds is 12. The van der Waals surface area contributed by atoms with Crippen LogP contribution in [-0.2, 0) is 20.9 Å². The lowest BCUT2D eigenvalue weighted by atomic mass is 10.1. The number of benzene rings is 3. The van der Waals surface area contributed by atoms with Crippen molar-refractivity contribution < 1.29 is 19.0 Å². The van der Waals surface area contributed by atoms with E-state index in [1.807, 2.05) is 67.6 Å². The zero-order chi connectivity index (χ0) is 26.9. The molecule has 0 radical (unpaired) electrons. The monoisotopic (exact) mass is 515 g/mol. The summed E-state index contributed by atoms with van der Waals surface area (Å²) in [6.07, 6.45) is 0.631. The van der Waals surface area contributed by atoms with Crippen molar-refractivity contribution in [3.63, 3.8) is 0 Å². The van der Waals surface area contributed by atoms with Gasteiger partial charge in [-0.15, -0.1) is 0 Å². The molecule has 0 saturated heterocycles. The number of methoxy groups -OCH3 is 2. The van der Waals surface area contributed by atoms with E-state index in [1.54, 1.807) is 41.9 Å². The molecule has 0 spiro atoms. The Hall–Kier alpha value is -4.01. The molecule has 0 aliphatic carbocycles. The molecular formula is C30H33N3O5. The van der Waals surface area contributed by atoms with Gasteiger partial charge < -0.3 is 19.1 Å². The summed E-state index contributed by atoms with van der Waals surface area (Å²) in [5.74, 6) is 0.956. The first-order valence-corrected chi connectivity index (χ1v) is 12.6. The predicted octanol–water partition coefficient (Wildman–Crippen LogP) is 4.54.